The molecule has 0 amide bonds. The van der Waals surface area contributed by atoms with Crippen LogP contribution in [0.2, 0.25) is 0 Å². The molecule has 2 atom stereocenters. The van der Waals surface area contributed by atoms with E-state index in [0.29, 0.717) is 0 Å². The number of carboxylic acid groups (broad SMARTS) is 1. The Hall–Kier alpha value is -2.00. The molecule has 0 aliphatic rings. The average molecular weight is 281 g/mol. The summed E-state index contributed by atoms with van der Waals surface area (Å²) in [6.45, 7) is 0. The topological polar surface area (TPSA) is 113 Å². The number of aliphatic hydroxyl groups is 2. The number of rotatable bonds is 4. The first-order valence-electron chi connectivity index (χ1n) is 4.86. The third-order valence-corrected chi connectivity index (χ3v) is 2.16. The van der Waals surface area contributed by atoms with Crippen LogP contribution in [0.1, 0.15) is 11.7 Å². The number of aliphatic carboxylic acids is 1. The van der Waals surface area contributed by atoms with Crippen molar-refractivity contribution >= 4 is 11.7 Å². The molecule has 0 spiro atoms. The van der Waals surface area contributed by atoms with E-state index in [0.717, 1.165) is 18.2 Å². The summed E-state index contributed by atoms with van der Waals surface area (Å²) in [6, 6.07) is 2.55. The van der Waals surface area contributed by atoms with Crippen LogP contribution in [0.25, 0.3) is 0 Å². The smallest absolute Gasteiger partial charge is 0.479 e. The van der Waals surface area contributed by atoms with Gasteiger partial charge in [-0.25, -0.2) is 4.79 Å². The summed E-state index contributed by atoms with van der Waals surface area (Å²) in [7, 11) is 0. The van der Waals surface area contributed by atoms with Crippen LogP contribution in [-0.2, 0) is 4.79 Å². The van der Waals surface area contributed by atoms with Crippen molar-refractivity contribution in [2.24, 2.45) is 0 Å². The Labute approximate surface area is 104 Å². The van der Waals surface area contributed by atoms with Gasteiger partial charge in [0.15, 0.2) is 6.10 Å². The maximum atomic E-state index is 11.9. The molecule has 5 N–H and O–H groups in total. The van der Waals surface area contributed by atoms with E-state index < -0.39 is 30.3 Å². The zero-order chi connectivity index (χ0) is 14.8. The van der Waals surface area contributed by atoms with Crippen molar-refractivity contribution in [2.75, 3.05) is 5.73 Å². The van der Waals surface area contributed by atoms with E-state index in [4.69, 9.17) is 15.9 Å². The van der Waals surface area contributed by atoms with Crippen LogP contribution in [0.15, 0.2) is 18.2 Å². The third-order valence-electron chi connectivity index (χ3n) is 2.16. The van der Waals surface area contributed by atoms with Gasteiger partial charge in [0.05, 0.1) is 0 Å². The number of hydrogen-bond donors (Lipinski definition) is 4. The van der Waals surface area contributed by atoms with E-state index in [9.17, 15) is 23.1 Å². The highest BCUT2D eigenvalue weighted by molar-refractivity contribution is 5.73. The number of hydrogen-bond acceptors (Lipinski definition) is 5. The molecule has 9 heteroatoms. The Morgan fingerprint density at radius 3 is 2.32 bits per heavy atom. The van der Waals surface area contributed by atoms with Gasteiger partial charge in [-0.2, -0.15) is 0 Å². The molecule has 106 valence electrons. The Kier molecular flexibility index (Phi) is 4.22. The average Bonchev–Trinajstić information content (AvgIpc) is 2.25. The number of alkyl halides is 3. The van der Waals surface area contributed by atoms with Gasteiger partial charge in [-0.05, 0) is 6.07 Å². The first-order valence-corrected chi connectivity index (χ1v) is 4.86. The maximum absolute atomic E-state index is 11.9. The second-order valence-corrected chi connectivity index (χ2v) is 3.57. The Bertz CT molecular complexity index is 477. The second kappa shape index (κ2) is 5.33. The number of aliphatic hydroxyl groups excluding tert-OH is 2. The highest BCUT2D eigenvalue weighted by Gasteiger charge is 2.32. The molecule has 0 fully saturated rings. The molecule has 0 aromatic heterocycles. The summed E-state index contributed by atoms with van der Waals surface area (Å²) in [6.07, 6.45) is -8.90. The van der Waals surface area contributed by atoms with Gasteiger partial charge in [0, 0.05) is 17.3 Å². The van der Waals surface area contributed by atoms with Crippen LogP contribution in [0.4, 0.5) is 18.9 Å². The standard InChI is InChI=1S/C10H10F3NO5/c11-10(12,13)19-4-1-2-5(6(14)3-4)7(15)8(16)9(17)18/h1-3,7-8,15-16H,14H2,(H,17,18). The number of nitrogen functional groups attached to an aromatic ring is 1. The second-order valence-electron chi connectivity index (χ2n) is 3.57. The highest BCUT2D eigenvalue weighted by Crippen LogP contribution is 2.30. The van der Waals surface area contributed by atoms with Gasteiger partial charge in [0.1, 0.15) is 11.9 Å². The Morgan fingerprint density at radius 1 is 1.32 bits per heavy atom. The molecule has 0 aliphatic carbocycles. The Balaban J connectivity index is 2.97. The lowest BCUT2D eigenvalue weighted by Gasteiger charge is -2.17. The lowest BCUT2D eigenvalue weighted by molar-refractivity contribution is -0.274. The van der Waals surface area contributed by atoms with Gasteiger partial charge in [-0.1, -0.05) is 6.07 Å². The van der Waals surface area contributed by atoms with Crippen molar-refractivity contribution in [1.29, 1.82) is 0 Å². The number of halogens is 3. The van der Waals surface area contributed by atoms with Gasteiger partial charge in [-0.15, -0.1) is 13.2 Å². The molecular weight excluding hydrogens is 271 g/mol. The van der Waals surface area contributed by atoms with Crippen molar-refractivity contribution in [3.8, 4) is 5.75 Å². The van der Waals surface area contributed by atoms with E-state index in [2.05, 4.69) is 4.74 Å². The molecule has 6 nitrogen and oxygen atoms in total. The van der Waals surface area contributed by atoms with E-state index in [1.807, 2.05) is 0 Å². The lowest BCUT2D eigenvalue weighted by Crippen LogP contribution is -2.28. The predicted molar refractivity (Wildman–Crippen MR) is 56.1 cm³/mol. The first-order chi connectivity index (χ1) is 8.61. The number of ether oxygens (including phenoxy) is 1. The normalized spacial score (nSPS) is 14.8. The van der Waals surface area contributed by atoms with Gasteiger partial charge in [0.25, 0.3) is 0 Å². The van der Waals surface area contributed by atoms with Crippen molar-refractivity contribution < 1.29 is 38.0 Å². The Morgan fingerprint density at radius 2 is 1.89 bits per heavy atom. The summed E-state index contributed by atoms with van der Waals surface area (Å²) in [4.78, 5) is 10.5. The van der Waals surface area contributed by atoms with Crippen LogP contribution < -0.4 is 10.5 Å². The fourth-order valence-electron chi connectivity index (χ4n) is 1.32. The zero-order valence-electron chi connectivity index (χ0n) is 9.26. The fourth-order valence-corrected chi connectivity index (χ4v) is 1.32. The van der Waals surface area contributed by atoms with Crippen LogP contribution in [0.3, 0.4) is 0 Å². The molecule has 0 aliphatic heterocycles. The van der Waals surface area contributed by atoms with Crippen LogP contribution >= 0.6 is 0 Å². The van der Waals surface area contributed by atoms with Crippen LogP contribution in [0.5, 0.6) is 5.75 Å². The molecule has 1 aromatic rings. The summed E-state index contributed by atoms with van der Waals surface area (Å²) >= 11 is 0. The maximum Gasteiger partial charge on any atom is 0.573 e. The van der Waals surface area contributed by atoms with Gasteiger partial charge in [0.2, 0.25) is 0 Å². The van der Waals surface area contributed by atoms with Crippen LogP contribution in [0, 0.1) is 0 Å². The minimum atomic E-state index is -4.90. The minimum Gasteiger partial charge on any atom is -0.479 e. The molecule has 1 rings (SSSR count). The van der Waals surface area contributed by atoms with Crippen molar-refractivity contribution in [3.63, 3.8) is 0 Å². The molecule has 2 unspecified atom stereocenters. The molecule has 0 heterocycles. The number of nitrogens with two attached hydrogens (primary N) is 1. The number of carboxylic acids is 1. The predicted octanol–water partition coefficient (Wildman–Crippen LogP) is 0.646. The monoisotopic (exact) mass is 281 g/mol. The van der Waals surface area contributed by atoms with Crippen LogP contribution in [-0.4, -0.2) is 33.8 Å². The molecule has 19 heavy (non-hydrogen) atoms. The lowest BCUT2D eigenvalue weighted by atomic mass is 10.0. The van der Waals surface area contributed by atoms with Crippen molar-refractivity contribution in [2.45, 2.75) is 18.6 Å². The van der Waals surface area contributed by atoms with Crippen molar-refractivity contribution in [1.82, 2.24) is 0 Å². The minimum absolute atomic E-state index is 0.218. The van der Waals surface area contributed by atoms with E-state index in [1.165, 1.54) is 0 Å². The van der Waals surface area contributed by atoms with E-state index in [-0.39, 0.29) is 11.3 Å². The summed E-state index contributed by atoms with van der Waals surface area (Å²) < 4.78 is 39.4. The van der Waals surface area contributed by atoms with Gasteiger partial charge in [-0.3, -0.25) is 0 Å². The quantitative estimate of drug-likeness (QED) is 0.603. The van der Waals surface area contributed by atoms with Gasteiger partial charge >= 0.3 is 12.3 Å². The number of benzene rings is 1. The summed E-state index contributed by atoms with van der Waals surface area (Å²) in [5.74, 6) is -2.31. The highest BCUT2D eigenvalue weighted by atomic mass is 19.4. The SMILES string of the molecule is Nc1cc(OC(F)(F)F)ccc1C(O)C(O)C(=O)O. The molecule has 0 saturated heterocycles. The fraction of sp³-hybridized carbons (Fsp3) is 0.300. The number of anilines is 1. The summed E-state index contributed by atoms with van der Waals surface area (Å²) in [5, 5.41) is 27.1. The first kappa shape index (κ1) is 15.1. The molecule has 0 bridgehead atoms. The summed E-state index contributed by atoms with van der Waals surface area (Å²) in [5.41, 5.74) is 4.81. The van der Waals surface area contributed by atoms with E-state index in [1.54, 1.807) is 0 Å². The van der Waals surface area contributed by atoms with Crippen molar-refractivity contribution in [3.05, 3.63) is 23.8 Å². The zero-order valence-corrected chi connectivity index (χ0v) is 9.26. The largest absolute Gasteiger partial charge is 0.573 e. The molecule has 0 radical (unpaired) electrons. The van der Waals surface area contributed by atoms with Gasteiger partial charge < -0.3 is 25.8 Å². The molecule has 0 saturated carbocycles. The van der Waals surface area contributed by atoms with E-state index >= 15 is 0 Å². The third kappa shape index (κ3) is 4.00. The molecule has 1 aromatic carbocycles. The molecular formula is C10H10F3NO5. The number of carbonyl (C=O) groups is 1.